The molecule has 0 saturated carbocycles. The van der Waals surface area contributed by atoms with E-state index in [0.717, 1.165) is 12.8 Å². The zero-order valence-corrected chi connectivity index (χ0v) is 21.1. The molecule has 0 spiro atoms. The van der Waals surface area contributed by atoms with Gasteiger partial charge in [-0.25, -0.2) is 8.42 Å². The van der Waals surface area contributed by atoms with Crippen molar-refractivity contribution in [1.29, 1.82) is 0 Å². The Hall–Kier alpha value is -2.94. The highest BCUT2D eigenvalue weighted by atomic mass is 35.5. The van der Waals surface area contributed by atoms with Crippen LogP contribution in [-0.4, -0.2) is 32.6 Å². The molecule has 0 fully saturated rings. The van der Waals surface area contributed by atoms with Crippen LogP contribution in [0.2, 0.25) is 10.0 Å². The van der Waals surface area contributed by atoms with E-state index >= 15 is 0 Å². The van der Waals surface area contributed by atoms with Crippen LogP contribution < -0.4 is 14.8 Å². The maximum Gasteiger partial charge on any atom is 0.259 e. The zero-order chi connectivity index (χ0) is 25.2. The Morgan fingerprint density at radius 3 is 2.26 bits per heavy atom. The third-order valence-corrected chi connectivity index (χ3v) is 7.91. The van der Waals surface area contributed by atoms with Crippen LogP contribution in [0.15, 0.2) is 58.3 Å². The van der Waals surface area contributed by atoms with E-state index in [0.29, 0.717) is 36.0 Å². The van der Waals surface area contributed by atoms with Gasteiger partial charge >= 0.3 is 0 Å². The van der Waals surface area contributed by atoms with E-state index in [1.807, 2.05) is 6.92 Å². The molecule has 7 nitrogen and oxygen atoms in total. The Morgan fingerprint density at radius 2 is 1.60 bits per heavy atom. The number of phenolic OH excluding ortho intramolecular Hbond substituents is 1. The number of nitrogens with one attached hydrogen (secondary N) is 1. The average molecular weight is 536 g/mol. The van der Waals surface area contributed by atoms with Crippen molar-refractivity contribution in [2.24, 2.45) is 0 Å². The van der Waals surface area contributed by atoms with Crippen LogP contribution in [0.5, 0.6) is 17.2 Å². The fourth-order valence-electron chi connectivity index (χ4n) is 3.67. The van der Waals surface area contributed by atoms with Gasteiger partial charge in [0.25, 0.3) is 5.91 Å². The summed E-state index contributed by atoms with van der Waals surface area (Å²) in [5, 5.41) is 14.0. The van der Waals surface area contributed by atoms with Crippen molar-refractivity contribution in [1.82, 2.24) is 0 Å². The number of anilines is 1. The van der Waals surface area contributed by atoms with Crippen LogP contribution in [-0.2, 0) is 16.3 Å². The number of rotatable bonds is 5. The first-order valence-corrected chi connectivity index (χ1v) is 13.2. The molecule has 2 N–H and O–H groups in total. The van der Waals surface area contributed by atoms with E-state index in [4.69, 9.17) is 32.7 Å². The van der Waals surface area contributed by atoms with Crippen molar-refractivity contribution in [2.45, 2.75) is 36.0 Å². The molecule has 0 aliphatic carbocycles. The number of carbonyl (C=O) groups is 1. The first-order chi connectivity index (χ1) is 16.7. The minimum atomic E-state index is -3.89. The van der Waals surface area contributed by atoms with E-state index in [9.17, 15) is 18.3 Å². The molecule has 0 bridgehead atoms. The van der Waals surface area contributed by atoms with Crippen molar-refractivity contribution in [2.75, 3.05) is 18.5 Å². The number of phenols is 1. The second kappa shape index (κ2) is 10.4. The third-order valence-electron chi connectivity index (χ3n) is 5.56. The summed E-state index contributed by atoms with van der Waals surface area (Å²) in [7, 11) is -3.89. The summed E-state index contributed by atoms with van der Waals surface area (Å²) in [5.41, 5.74) is 0.745. The predicted octanol–water partition coefficient (Wildman–Crippen LogP) is 5.90. The highest BCUT2D eigenvalue weighted by Gasteiger charge is 2.26. The molecule has 0 saturated heterocycles. The first-order valence-electron chi connectivity index (χ1n) is 11.0. The number of halogens is 2. The average Bonchev–Trinajstić information content (AvgIpc) is 2.81. The maximum atomic E-state index is 13.2. The lowest BCUT2D eigenvalue weighted by Gasteiger charge is -2.21. The molecule has 35 heavy (non-hydrogen) atoms. The molecule has 1 heterocycles. The van der Waals surface area contributed by atoms with Gasteiger partial charge in [-0.15, -0.1) is 0 Å². The Bertz CT molecular complexity index is 1370. The summed E-state index contributed by atoms with van der Waals surface area (Å²) < 4.78 is 37.6. The van der Waals surface area contributed by atoms with Crippen LogP contribution in [0.4, 0.5) is 5.69 Å². The maximum absolute atomic E-state index is 13.2. The van der Waals surface area contributed by atoms with Crippen molar-refractivity contribution < 1.29 is 27.8 Å². The van der Waals surface area contributed by atoms with E-state index in [1.54, 1.807) is 0 Å². The van der Waals surface area contributed by atoms with Crippen molar-refractivity contribution in [3.8, 4) is 17.2 Å². The fourth-order valence-corrected chi connectivity index (χ4v) is 5.25. The van der Waals surface area contributed by atoms with Crippen molar-refractivity contribution in [3.05, 3.63) is 69.7 Å². The SMILES string of the molecule is CCc1cc(C(=O)Nc2cc(S(=O)(=O)c3ccc(Cl)cc3)ccc2Cl)c(O)c2c1OCCCCO2. The van der Waals surface area contributed by atoms with Gasteiger partial charge in [0.2, 0.25) is 15.6 Å². The Balaban J connectivity index is 1.69. The molecule has 3 aromatic carbocycles. The van der Waals surface area contributed by atoms with Gasteiger partial charge in [-0.1, -0.05) is 30.1 Å². The predicted molar refractivity (Wildman–Crippen MR) is 134 cm³/mol. The number of aryl methyl sites for hydroxylation is 1. The number of sulfone groups is 1. The summed E-state index contributed by atoms with van der Waals surface area (Å²) in [5.74, 6) is -0.471. The molecule has 0 unspecified atom stereocenters. The van der Waals surface area contributed by atoms with E-state index in [-0.39, 0.29) is 37.6 Å². The van der Waals surface area contributed by atoms with Crippen LogP contribution in [0.1, 0.15) is 35.7 Å². The number of amides is 1. The smallest absolute Gasteiger partial charge is 0.259 e. The third kappa shape index (κ3) is 5.19. The molecule has 10 heteroatoms. The molecule has 1 aliphatic rings. The molecule has 0 atom stereocenters. The summed E-state index contributed by atoms with van der Waals surface area (Å²) in [4.78, 5) is 13.2. The van der Waals surface area contributed by atoms with Gasteiger partial charge in [0, 0.05) is 5.02 Å². The van der Waals surface area contributed by atoms with Gasteiger partial charge in [-0.3, -0.25) is 4.79 Å². The number of ether oxygens (including phenoxy) is 2. The molecule has 4 rings (SSSR count). The van der Waals surface area contributed by atoms with Crippen LogP contribution in [0, 0.1) is 0 Å². The summed E-state index contributed by atoms with van der Waals surface area (Å²) >= 11 is 12.1. The van der Waals surface area contributed by atoms with Crippen molar-refractivity contribution >= 4 is 44.6 Å². The van der Waals surface area contributed by atoms with Gasteiger partial charge in [0.1, 0.15) is 0 Å². The number of fused-ring (bicyclic) bond motifs is 1. The summed E-state index contributed by atoms with van der Waals surface area (Å²) in [6.45, 7) is 2.77. The fraction of sp³-hybridized carbons (Fsp3) is 0.240. The second-order valence-electron chi connectivity index (χ2n) is 7.90. The van der Waals surface area contributed by atoms with E-state index in [2.05, 4.69) is 5.32 Å². The first kappa shape index (κ1) is 25.2. The quantitative estimate of drug-likeness (QED) is 0.421. The monoisotopic (exact) mass is 535 g/mol. The highest BCUT2D eigenvalue weighted by Crippen LogP contribution is 2.44. The largest absolute Gasteiger partial charge is 0.504 e. The van der Waals surface area contributed by atoms with E-state index < -0.39 is 15.7 Å². The molecular formula is C25H23Cl2NO6S. The van der Waals surface area contributed by atoms with Crippen molar-refractivity contribution in [3.63, 3.8) is 0 Å². The lowest BCUT2D eigenvalue weighted by Crippen LogP contribution is -2.16. The van der Waals surface area contributed by atoms with Gasteiger partial charge in [-0.2, -0.15) is 0 Å². The van der Waals surface area contributed by atoms with Gasteiger partial charge in [0.05, 0.1) is 39.3 Å². The number of aromatic hydroxyl groups is 1. The van der Waals surface area contributed by atoms with E-state index in [1.165, 1.54) is 48.5 Å². The molecule has 0 radical (unpaired) electrons. The lowest BCUT2D eigenvalue weighted by molar-refractivity contribution is 0.102. The molecule has 1 aliphatic heterocycles. The molecular weight excluding hydrogens is 513 g/mol. The van der Waals surface area contributed by atoms with Gasteiger partial charge < -0.3 is 19.9 Å². The van der Waals surface area contributed by atoms with Crippen LogP contribution >= 0.6 is 23.2 Å². The van der Waals surface area contributed by atoms with Gasteiger partial charge in [-0.05, 0) is 73.4 Å². The standard InChI is InChI=1S/C25H23Cl2NO6S/c1-2-15-13-19(22(29)24-23(15)33-11-3-4-12-34-24)25(30)28-21-14-18(9-10-20(21)27)35(31,32)17-7-5-16(26)6-8-17/h5-10,13-14,29H,2-4,11-12H2,1H3,(H,28,30). The highest BCUT2D eigenvalue weighted by molar-refractivity contribution is 7.91. The molecule has 3 aromatic rings. The van der Waals surface area contributed by atoms with Gasteiger partial charge in [0.15, 0.2) is 11.5 Å². The zero-order valence-electron chi connectivity index (χ0n) is 18.8. The molecule has 1 amide bonds. The molecule has 0 aromatic heterocycles. The number of hydrogen-bond acceptors (Lipinski definition) is 6. The molecule has 184 valence electrons. The Kier molecular flexibility index (Phi) is 7.44. The van der Waals surface area contributed by atoms with Crippen LogP contribution in [0.3, 0.4) is 0 Å². The lowest BCUT2D eigenvalue weighted by atomic mass is 10.0. The minimum Gasteiger partial charge on any atom is -0.504 e. The van der Waals surface area contributed by atoms with Crippen LogP contribution in [0.25, 0.3) is 0 Å². The number of benzene rings is 3. The Morgan fingerprint density at radius 1 is 0.971 bits per heavy atom. The summed E-state index contributed by atoms with van der Waals surface area (Å²) in [6, 6.07) is 11.3. The second-order valence-corrected chi connectivity index (χ2v) is 10.7. The topological polar surface area (TPSA) is 102 Å². The summed E-state index contributed by atoms with van der Waals surface area (Å²) in [6.07, 6.45) is 2.11. The minimum absolute atomic E-state index is 0.0354. The normalized spacial score (nSPS) is 13.6. The Labute approximate surface area is 213 Å². The number of hydrogen-bond donors (Lipinski definition) is 2. The number of carbonyl (C=O) groups excluding carboxylic acids is 1.